The lowest BCUT2D eigenvalue weighted by molar-refractivity contribution is 0.362. The van der Waals surface area contributed by atoms with Gasteiger partial charge < -0.3 is 5.11 Å². The summed E-state index contributed by atoms with van der Waals surface area (Å²) < 4.78 is 0. The monoisotopic (exact) mass is 140 g/mol. The Balaban J connectivity index is 4.34. The highest BCUT2D eigenvalue weighted by Crippen LogP contribution is 2.04. The Morgan fingerprint density at radius 1 is 1.11 bits per heavy atom. The van der Waals surface area contributed by atoms with E-state index in [1.54, 1.807) is 17.1 Å². The zero-order chi connectivity index (χ0) is 7.33. The minimum Gasteiger partial charge on any atom is -0.398 e. The van der Waals surface area contributed by atoms with Gasteiger partial charge in [-0.25, -0.2) is 0 Å². The first kappa shape index (κ1) is 8.40. The summed E-state index contributed by atoms with van der Waals surface area (Å²) in [6.45, 7) is 10.8. The maximum absolute atomic E-state index is 8.82. The van der Waals surface area contributed by atoms with Crippen molar-refractivity contribution >= 4 is 8.07 Å². The Labute approximate surface area is 57.0 Å². The molecule has 0 aromatic rings. The van der Waals surface area contributed by atoms with Gasteiger partial charge in [0.05, 0.1) is 0 Å². The predicted molar refractivity (Wildman–Crippen MR) is 43.4 cm³/mol. The molecule has 0 aliphatic rings. The van der Waals surface area contributed by atoms with E-state index in [4.69, 9.17) is 5.11 Å². The summed E-state index contributed by atoms with van der Waals surface area (Å²) in [6, 6.07) is 0. The number of rotatable bonds is 4. The Morgan fingerprint density at radius 3 is 1.44 bits per heavy atom. The molecule has 0 amide bonds. The van der Waals surface area contributed by atoms with Gasteiger partial charge in [-0.05, 0) is 0 Å². The van der Waals surface area contributed by atoms with Crippen LogP contribution < -0.4 is 0 Å². The average molecular weight is 140 g/mol. The van der Waals surface area contributed by atoms with Crippen molar-refractivity contribution in [2.75, 3.05) is 6.23 Å². The lowest BCUT2D eigenvalue weighted by Crippen LogP contribution is -2.32. The van der Waals surface area contributed by atoms with Crippen LogP contribution in [0.2, 0.25) is 0 Å². The molecule has 0 bridgehead atoms. The first-order chi connectivity index (χ1) is 4.24. The molecule has 0 rings (SSSR count). The Hall–Kier alpha value is -0.603. The maximum Gasteiger partial charge on any atom is 0.151 e. The highest BCUT2D eigenvalue weighted by molar-refractivity contribution is 6.92. The van der Waals surface area contributed by atoms with E-state index in [9.17, 15) is 0 Å². The van der Waals surface area contributed by atoms with Gasteiger partial charge in [-0.15, -0.1) is 19.7 Å². The molecule has 2 heteroatoms. The van der Waals surface area contributed by atoms with Gasteiger partial charge in [-0.3, -0.25) is 0 Å². The van der Waals surface area contributed by atoms with Gasteiger partial charge in [0.15, 0.2) is 8.07 Å². The second-order valence-corrected chi connectivity index (χ2v) is 5.65. The van der Waals surface area contributed by atoms with Crippen molar-refractivity contribution in [2.24, 2.45) is 0 Å². The molecule has 50 valence electrons. The van der Waals surface area contributed by atoms with Crippen molar-refractivity contribution in [2.45, 2.75) is 0 Å². The molecule has 0 fully saturated rings. The summed E-state index contributed by atoms with van der Waals surface area (Å²) in [6.07, 6.45) is 0.128. The second-order valence-electron chi connectivity index (χ2n) is 1.88. The van der Waals surface area contributed by atoms with Crippen molar-refractivity contribution in [3.8, 4) is 0 Å². The first-order valence-electron chi connectivity index (χ1n) is 2.76. The van der Waals surface area contributed by atoms with Gasteiger partial charge in [0.1, 0.15) is 0 Å². The van der Waals surface area contributed by atoms with Crippen molar-refractivity contribution in [1.29, 1.82) is 0 Å². The van der Waals surface area contributed by atoms with Crippen molar-refractivity contribution in [3.05, 3.63) is 36.8 Å². The van der Waals surface area contributed by atoms with Crippen LogP contribution in [0.15, 0.2) is 36.8 Å². The quantitative estimate of drug-likeness (QED) is 0.581. The van der Waals surface area contributed by atoms with E-state index in [2.05, 4.69) is 19.7 Å². The van der Waals surface area contributed by atoms with Crippen LogP contribution in [0.5, 0.6) is 0 Å². The minimum absolute atomic E-state index is 0.128. The summed E-state index contributed by atoms with van der Waals surface area (Å²) >= 11 is 0. The fraction of sp³-hybridized carbons (Fsp3) is 0.143. The van der Waals surface area contributed by atoms with E-state index in [0.717, 1.165) is 0 Å². The van der Waals surface area contributed by atoms with E-state index < -0.39 is 8.07 Å². The highest BCUT2D eigenvalue weighted by atomic mass is 28.3. The molecule has 9 heavy (non-hydrogen) atoms. The number of aliphatic hydroxyl groups is 1. The van der Waals surface area contributed by atoms with Gasteiger partial charge in [0.25, 0.3) is 0 Å². The smallest absolute Gasteiger partial charge is 0.151 e. The summed E-state index contributed by atoms with van der Waals surface area (Å²) in [5.74, 6) is 0. The topological polar surface area (TPSA) is 20.2 Å². The standard InChI is InChI=1S/C7H12OSi/c1-4-9(5-2,6-3)7-8/h4-6,8H,1-3,7H2. The van der Waals surface area contributed by atoms with Crippen LogP contribution in [-0.4, -0.2) is 19.4 Å². The lowest BCUT2D eigenvalue weighted by Gasteiger charge is -2.14. The lowest BCUT2D eigenvalue weighted by atomic mass is 11.2. The molecule has 0 spiro atoms. The minimum atomic E-state index is -1.84. The molecule has 0 radical (unpaired) electrons. The van der Waals surface area contributed by atoms with Crippen LogP contribution in [0.1, 0.15) is 0 Å². The number of hydrogen-bond acceptors (Lipinski definition) is 1. The fourth-order valence-corrected chi connectivity index (χ4v) is 1.33. The van der Waals surface area contributed by atoms with Gasteiger partial charge in [-0.1, -0.05) is 17.1 Å². The van der Waals surface area contributed by atoms with Crippen LogP contribution in [0.3, 0.4) is 0 Å². The summed E-state index contributed by atoms with van der Waals surface area (Å²) in [5, 5.41) is 8.82. The zero-order valence-corrected chi connectivity index (χ0v) is 6.51. The molecular weight excluding hydrogens is 128 g/mol. The third-order valence-corrected chi connectivity index (χ3v) is 4.24. The van der Waals surface area contributed by atoms with Gasteiger partial charge in [0.2, 0.25) is 0 Å². The van der Waals surface area contributed by atoms with E-state index in [1.165, 1.54) is 0 Å². The van der Waals surface area contributed by atoms with E-state index in [-0.39, 0.29) is 6.23 Å². The molecule has 1 nitrogen and oxygen atoms in total. The van der Waals surface area contributed by atoms with Gasteiger partial charge in [-0.2, -0.15) is 0 Å². The van der Waals surface area contributed by atoms with E-state index >= 15 is 0 Å². The third-order valence-electron chi connectivity index (χ3n) is 1.41. The van der Waals surface area contributed by atoms with E-state index in [1.807, 2.05) is 0 Å². The van der Waals surface area contributed by atoms with Crippen molar-refractivity contribution < 1.29 is 5.11 Å². The summed E-state index contributed by atoms with van der Waals surface area (Å²) in [5.41, 5.74) is 5.27. The van der Waals surface area contributed by atoms with Crippen LogP contribution in [0, 0.1) is 0 Å². The van der Waals surface area contributed by atoms with Crippen molar-refractivity contribution in [1.82, 2.24) is 0 Å². The fourth-order valence-electron chi connectivity index (χ4n) is 0.444. The Bertz CT molecular complexity index is 107. The largest absolute Gasteiger partial charge is 0.398 e. The molecule has 1 N–H and O–H groups in total. The molecule has 0 saturated heterocycles. The normalized spacial score (nSPS) is 10.3. The molecule has 0 atom stereocenters. The van der Waals surface area contributed by atoms with Crippen LogP contribution >= 0.6 is 0 Å². The van der Waals surface area contributed by atoms with Crippen LogP contribution in [-0.2, 0) is 0 Å². The number of aliphatic hydroxyl groups excluding tert-OH is 1. The molecule has 0 aromatic carbocycles. The molecule has 0 unspecified atom stereocenters. The number of hydrogen-bond donors (Lipinski definition) is 1. The van der Waals surface area contributed by atoms with Crippen LogP contribution in [0.4, 0.5) is 0 Å². The van der Waals surface area contributed by atoms with Gasteiger partial charge >= 0.3 is 0 Å². The SMILES string of the molecule is C=C[Si](C=C)(C=C)CO. The molecule has 0 aromatic heterocycles. The maximum atomic E-state index is 8.82. The summed E-state index contributed by atoms with van der Waals surface area (Å²) in [4.78, 5) is 0. The molecule has 0 aliphatic carbocycles. The predicted octanol–water partition coefficient (Wildman–Crippen LogP) is 1.14. The summed E-state index contributed by atoms with van der Waals surface area (Å²) in [7, 11) is -1.84. The second kappa shape index (κ2) is 3.43. The average Bonchev–Trinajstić information content (AvgIpc) is 1.95. The molecule has 0 heterocycles. The van der Waals surface area contributed by atoms with Crippen LogP contribution in [0.25, 0.3) is 0 Å². The van der Waals surface area contributed by atoms with Gasteiger partial charge in [0, 0.05) is 6.23 Å². The Kier molecular flexibility index (Phi) is 3.20. The van der Waals surface area contributed by atoms with Crippen molar-refractivity contribution in [3.63, 3.8) is 0 Å². The third kappa shape index (κ3) is 1.66. The molecule has 0 saturated carbocycles. The zero-order valence-electron chi connectivity index (χ0n) is 5.51. The Morgan fingerprint density at radius 2 is 1.44 bits per heavy atom. The molecular formula is C7H12OSi. The molecule has 0 aliphatic heterocycles. The highest BCUT2D eigenvalue weighted by Gasteiger charge is 2.19. The first-order valence-corrected chi connectivity index (χ1v) is 5.20. The van der Waals surface area contributed by atoms with E-state index in [0.29, 0.717) is 0 Å².